The summed E-state index contributed by atoms with van der Waals surface area (Å²) in [7, 11) is 0. The maximum Gasteiger partial charge on any atom is 0.354 e. The molecule has 148 valence electrons. The minimum atomic E-state index is -0.611. The second-order valence-corrected chi connectivity index (χ2v) is 7.35. The molecule has 0 saturated carbocycles. The molecule has 3 aromatic rings. The van der Waals surface area contributed by atoms with Crippen LogP contribution in [0.1, 0.15) is 41.6 Å². The molecule has 2 aromatic carbocycles. The Balaban J connectivity index is 1.59. The van der Waals surface area contributed by atoms with Crippen molar-refractivity contribution in [2.45, 2.75) is 32.4 Å². The fraction of sp³-hybridized carbons (Fsp3) is 0.318. The molecule has 5 nitrogen and oxygen atoms in total. The molecule has 0 spiro atoms. The van der Waals surface area contributed by atoms with Crippen LogP contribution in [0.25, 0.3) is 10.9 Å². The molecule has 0 radical (unpaired) electrons. The van der Waals surface area contributed by atoms with Crippen molar-refractivity contribution >= 4 is 28.5 Å². The van der Waals surface area contributed by atoms with Gasteiger partial charge in [-0.15, -0.1) is 0 Å². The lowest BCUT2D eigenvalue weighted by molar-refractivity contribution is 0.0520. The van der Waals surface area contributed by atoms with Crippen molar-refractivity contribution in [2.24, 2.45) is 0 Å². The maximum absolute atomic E-state index is 11.9. The first kappa shape index (κ1) is 20.4. The van der Waals surface area contributed by atoms with Crippen LogP contribution in [0.2, 0.25) is 5.02 Å². The van der Waals surface area contributed by atoms with E-state index in [-0.39, 0.29) is 12.0 Å². The molecular formula is C22H25ClN2O3. The lowest BCUT2D eigenvalue weighted by atomic mass is 10.0. The first-order valence-corrected chi connectivity index (χ1v) is 9.79. The number of fused-ring (bicyclic) bond motifs is 1. The third-order valence-corrected chi connectivity index (χ3v) is 4.85. The molecule has 1 aromatic heterocycles. The highest BCUT2D eigenvalue weighted by Crippen LogP contribution is 2.20. The second-order valence-electron chi connectivity index (χ2n) is 6.91. The van der Waals surface area contributed by atoms with Crippen LogP contribution < -0.4 is 5.32 Å². The van der Waals surface area contributed by atoms with Crippen LogP contribution in [0, 0.1) is 0 Å². The fourth-order valence-electron chi connectivity index (χ4n) is 3.20. The van der Waals surface area contributed by atoms with E-state index >= 15 is 0 Å². The smallest absolute Gasteiger partial charge is 0.354 e. The molecule has 2 atom stereocenters. The predicted molar refractivity (Wildman–Crippen MR) is 112 cm³/mol. The molecule has 0 aliphatic rings. The van der Waals surface area contributed by atoms with Gasteiger partial charge in [-0.2, -0.15) is 0 Å². The van der Waals surface area contributed by atoms with Gasteiger partial charge in [0.1, 0.15) is 5.69 Å². The van der Waals surface area contributed by atoms with Crippen LogP contribution in [-0.2, 0) is 11.2 Å². The second kappa shape index (κ2) is 9.24. The minimum Gasteiger partial charge on any atom is -0.461 e. The summed E-state index contributed by atoms with van der Waals surface area (Å²) in [6.07, 6.45) is 0.193. The monoisotopic (exact) mass is 400 g/mol. The van der Waals surface area contributed by atoms with Crippen LogP contribution >= 0.6 is 11.6 Å². The fourth-order valence-corrected chi connectivity index (χ4v) is 3.40. The Hall–Kier alpha value is -2.34. The van der Waals surface area contributed by atoms with Crippen LogP contribution in [0.4, 0.5) is 0 Å². The summed E-state index contributed by atoms with van der Waals surface area (Å²) in [5.74, 6) is -0.342. The Morgan fingerprint density at radius 1 is 1.25 bits per heavy atom. The molecule has 0 amide bonds. The summed E-state index contributed by atoms with van der Waals surface area (Å²) < 4.78 is 5.04. The average Bonchev–Trinajstić information content (AvgIpc) is 3.10. The van der Waals surface area contributed by atoms with Gasteiger partial charge in [0.25, 0.3) is 0 Å². The van der Waals surface area contributed by atoms with E-state index in [1.54, 1.807) is 19.1 Å². The number of aliphatic hydroxyl groups excluding tert-OH is 1. The predicted octanol–water partition coefficient (Wildman–Crippen LogP) is 4.25. The number of aromatic amines is 1. The van der Waals surface area contributed by atoms with Gasteiger partial charge < -0.3 is 20.1 Å². The number of hydrogen-bond acceptors (Lipinski definition) is 4. The number of halogens is 1. The zero-order valence-corrected chi connectivity index (χ0v) is 16.8. The summed E-state index contributed by atoms with van der Waals surface area (Å²) >= 11 is 5.98. The van der Waals surface area contributed by atoms with Crippen molar-refractivity contribution in [3.8, 4) is 0 Å². The van der Waals surface area contributed by atoms with E-state index in [1.165, 1.54) is 0 Å². The molecule has 0 aliphatic carbocycles. The van der Waals surface area contributed by atoms with Gasteiger partial charge in [-0.25, -0.2) is 4.79 Å². The van der Waals surface area contributed by atoms with Gasteiger partial charge in [0.15, 0.2) is 0 Å². The lowest BCUT2D eigenvalue weighted by Gasteiger charge is -2.18. The molecular weight excluding hydrogens is 376 g/mol. The third kappa shape index (κ3) is 5.13. The zero-order valence-electron chi connectivity index (χ0n) is 16.0. The van der Waals surface area contributed by atoms with Crippen LogP contribution in [-0.4, -0.2) is 35.3 Å². The molecule has 0 fully saturated rings. The Bertz CT molecular complexity index is 954. The van der Waals surface area contributed by atoms with Crippen molar-refractivity contribution in [3.63, 3.8) is 0 Å². The third-order valence-electron chi connectivity index (χ3n) is 4.62. The SMILES string of the molecule is CCOC(=O)c1cc2cc(C[C@@H](C)NC[C@@H](O)c3cccc(Cl)c3)ccc2[nH]1. The average molecular weight is 401 g/mol. The number of aliphatic hydroxyl groups is 1. The highest BCUT2D eigenvalue weighted by Gasteiger charge is 2.13. The highest BCUT2D eigenvalue weighted by molar-refractivity contribution is 6.30. The van der Waals surface area contributed by atoms with E-state index in [0.717, 1.165) is 28.5 Å². The largest absolute Gasteiger partial charge is 0.461 e. The van der Waals surface area contributed by atoms with Crippen molar-refractivity contribution in [1.82, 2.24) is 10.3 Å². The van der Waals surface area contributed by atoms with Crippen LogP contribution in [0.3, 0.4) is 0 Å². The summed E-state index contributed by atoms with van der Waals surface area (Å²) in [6, 6.07) is 15.3. The van der Waals surface area contributed by atoms with Gasteiger partial charge in [0, 0.05) is 28.5 Å². The normalized spacial score (nSPS) is 13.4. The number of hydrogen-bond donors (Lipinski definition) is 3. The number of nitrogens with one attached hydrogen (secondary N) is 2. The number of benzene rings is 2. The summed E-state index contributed by atoms with van der Waals surface area (Å²) in [5.41, 5.74) is 3.32. The topological polar surface area (TPSA) is 74.3 Å². The van der Waals surface area contributed by atoms with Crippen molar-refractivity contribution < 1.29 is 14.6 Å². The van der Waals surface area contributed by atoms with Crippen molar-refractivity contribution in [1.29, 1.82) is 0 Å². The van der Waals surface area contributed by atoms with Gasteiger partial charge >= 0.3 is 5.97 Å². The van der Waals surface area contributed by atoms with Gasteiger partial charge in [-0.05, 0) is 61.7 Å². The molecule has 6 heteroatoms. The Kier molecular flexibility index (Phi) is 6.73. The molecule has 3 N–H and O–H groups in total. The number of esters is 1. The zero-order chi connectivity index (χ0) is 20.1. The molecule has 1 heterocycles. The number of ether oxygens (including phenoxy) is 1. The standard InChI is InChI=1S/C22H25ClN2O3/c1-3-28-22(27)20-12-17-10-15(7-8-19(17)25-20)9-14(2)24-13-21(26)16-5-4-6-18(23)11-16/h4-8,10-12,14,21,24-26H,3,9,13H2,1-2H3/t14-,21-/m1/s1. The number of rotatable bonds is 8. The van der Waals surface area contributed by atoms with Crippen LogP contribution in [0.5, 0.6) is 0 Å². The van der Waals surface area contributed by atoms with Crippen molar-refractivity contribution in [2.75, 3.05) is 13.2 Å². The molecule has 0 aliphatic heterocycles. The summed E-state index contributed by atoms with van der Waals surface area (Å²) in [4.78, 5) is 15.0. The van der Waals surface area contributed by atoms with E-state index in [0.29, 0.717) is 23.9 Å². The Labute approximate surface area is 169 Å². The Morgan fingerprint density at radius 3 is 2.82 bits per heavy atom. The van der Waals surface area contributed by atoms with Crippen molar-refractivity contribution in [3.05, 3.63) is 70.4 Å². The first-order chi connectivity index (χ1) is 13.5. The Morgan fingerprint density at radius 2 is 2.07 bits per heavy atom. The highest BCUT2D eigenvalue weighted by atomic mass is 35.5. The quantitative estimate of drug-likeness (QED) is 0.494. The lowest BCUT2D eigenvalue weighted by Crippen LogP contribution is -2.32. The molecule has 0 bridgehead atoms. The molecule has 28 heavy (non-hydrogen) atoms. The first-order valence-electron chi connectivity index (χ1n) is 9.42. The molecule has 0 saturated heterocycles. The van der Waals surface area contributed by atoms with E-state index in [4.69, 9.17) is 16.3 Å². The summed E-state index contributed by atoms with van der Waals surface area (Å²) in [6.45, 7) is 4.66. The molecule has 3 rings (SSSR count). The van der Waals surface area contributed by atoms with E-state index in [9.17, 15) is 9.90 Å². The van der Waals surface area contributed by atoms with Gasteiger partial charge in [0.05, 0.1) is 12.7 Å². The van der Waals surface area contributed by atoms with E-state index < -0.39 is 6.10 Å². The number of H-pyrrole nitrogens is 1. The van der Waals surface area contributed by atoms with Crippen LogP contribution in [0.15, 0.2) is 48.5 Å². The van der Waals surface area contributed by atoms with E-state index in [2.05, 4.69) is 23.3 Å². The van der Waals surface area contributed by atoms with Gasteiger partial charge in [0.2, 0.25) is 0 Å². The van der Waals surface area contributed by atoms with E-state index in [1.807, 2.05) is 30.3 Å². The minimum absolute atomic E-state index is 0.176. The van der Waals surface area contributed by atoms with Gasteiger partial charge in [-0.1, -0.05) is 29.8 Å². The summed E-state index contributed by atoms with van der Waals surface area (Å²) in [5, 5.41) is 15.3. The van der Waals surface area contributed by atoms with Gasteiger partial charge in [-0.3, -0.25) is 0 Å². The molecule has 0 unspecified atom stereocenters. The number of carbonyl (C=O) groups excluding carboxylic acids is 1. The number of carbonyl (C=O) groups is 1. The number of aromatic nitrogens is 1. The maximum atomic E-state index is 11.9.